The summed E-state index contributed by atoms with van der Waals surface area (Å²) >= 11 is 3.51. The van der Waals surface area contributed by atoms with Gasteiger partial charge in [0.1, 0.15) is 0 Å². The maximum atomic E-state index is 3.51. The van der Waals surface area contributed by atoms with E-state index in [1.54, 1.807) is 0 Å². The van der Waals surface area contributed by atoms with Gasteiger partial charge in [-0.05, 0) is 93.8 Å². The lowest BCUT2D eigenvalue weighted by Gasteiger charge is -2.14. The monoisotopic (exact) mass is 412 g/mol. The molecule has 0 aliphatic heterocycles. The van der Waals surface area contributed by atoms with Crippen LogP contribution in [0, 0.1) is 0 Å². The summed E-state index contributed by atoms with van der Waals surface area (Å²) in [7, 11) is 2.23. The summed E-state index contributed by atoms with van der Waals surface area (Å²) in [5.41, 5.74) is 3.93. The Labute approximate surface area is 166 Å². The van der Waals surface area contributed by atoms with Crippen LogP contribution in [0.5, 0.6) is 0 Å². The average molecular weight is 413 g/mol. The molecule has 0 saturated heterocycles. The molecule has 0 unspecified atom stereocenters. The number of aromatic nitrogens is 1. The van der Waals surface area contributed by atoms with Gasteiger partial charge < -0.3 is 9.47 Å². The molecule has 2 aromatic carbocycles. The van der Waals surface area contributed by atoms with Crippen molar-refractivity contribution in [1.82, 2.24) is 9.47 Å². The zero-order chi connectivity index (χ0) is 18.4. The maximum Gasteiger partial charge on any atom is 0.0528 e. The predicted molar refractivity (Wildman–Crippen MR) is 116 cm³/mol. The quantitative estimate of drug-likeness (QED) is 0.366. The Kier molecular flexibility index (Phi) is 6.93. The van der Waals surface area contributed by atoms with Crippen molar-refractivity contribution >= 4 is 26.8 Å². The van der Waals surface area contributed by atoms with Gasteiger partial charge in [0, 0.05) is 21.7 Å². The fourth-order valence-corrected chi connectivity index (χ4v) is 3.82. The molecule has 3 rings (SSSR count). The fourth-order valence-electron chi connectivity index (χ4n) is 3.56. The first-order chi connectivity index (χ1) is 12.7. The van der Waals surface area contributed by atoms with Crippen LogP contribution in [0.4, 0.5) is 0 Å². The van der Waals surface area contributed by atoms with Gasteiger partial charge in [0.25, 0.3) is 0 Å². The summed E-state index contributed by atoms with van der Waals surface area (Å²) in [5.74, 6) is 0. The molecule has 0 atom stereocenters. The van der Waals surface area contributed by atoms with Gasteiger partial charge in [-0.3, -0.25) is 0 Å². The number of rotatable bonds is 9. The number of fused-ring (bicyclic) bond motifs is 1. The van der Waals surface area contributed by atoms with Crippen molar-refractivity contribution in [3.63, 3.8) is 0 Å². The van der Waals surface area contributed by atoms with Gasteiger partial charge >= 0.3 is 0 Å². The summed E-state index contributed by atoms with van der Waals surface area (Å²) in [6, 6.07) is 17.6. The SMILES string of the molecule is CCCN(C)CCCCCc1ccc2c(ccn2-c2ccc(Br)cc2)c1. The highest BCUT2D eigenvalue weighted by molar-refractivity contribution is 9.10. The predicted octanol–water partition coefficient (Wildman–Crippen LogP) is 6.45. The van der Waals surface area contributed by atoms with Crippen LogP contribution >= 0.6 is 15.9 Å². The minimum Gasteiger partial charge on any atom is -0.317 e. The van der Waals surface area contributed by atoms with Crippen LogP contribution in [0.1, 0.15) is 38.2 Å². The minimum atomic E-state index is 1.11. The Morgan fingerprint density at radius 3 is 2.50 bits per heavy atom. The summed E-state index contributed by atoms with van der Waals surface area (Å²) in [6.07, 6.45) is 8.48. The molecule has 0 fully saturated rings. The van der Waals surface area contributed by atoms with Crippen molar-refractivity contribution < 1.29 is 0 Å². The van der Waals surface area contributed by atoms with E-state index in [4.69, 9.17) is 0 Å². The van der Waals surface area contributed by atoms with Crippen molar-refractivity contribution in [2.75, 3.05) is 20.1 Å². The van der Waals surface area contributed by atoms with E-state index in [1.807, 2.05) is 0 Å². The standard InChI is InChI=1S/C23H29BrN2/c1-3-15-25(2)16-6-4-5-7-19-8-13-23-20(18-19)14-17-26(23)22-11-9-21(24)10-12-22/h8-14,17-18H,3-7,15-16H2,1-2H3. The van der Waals surface area contributed by atoms with E-state index >= 15 is 0 Å². The van der Waals surface area contributed by atoms with Gasteiger partial charge in [-0.25, -0.2) is 0 Å². The molecule has 0 radical (unpaired) electrons. The molecule has 0 aliphatic carbocycles. The van der Waals surface area contributed by atoms with Crippen LogP contribution in [0.15, 0.2) is 59.2 Å². The van der Waals surface area contributed by atoms with E-state index in [9.17, 15) is 0 Å². The Balaban J connectivity index is 1.57. The van der Waals surface area contributed by atoms with Crippen LogP contribution in [0.2, 0.25) is 0 Å². The number of halogens is 1. The lowest BCUT2D eigenvalue weighted by Crippen LogP contribution is -2.20. The normalized spacial score (nSPS) is 11.5. The molecule has 0 aliphatic rings. The largest absolute Gasteiger partial charge is 0.317 e. The fraction of sp³-hybridized carbons (Fsp3) is 0.391. The van der Waals surface area contributed by atoms with Gasteiger partial charge in [-0.1, -0.05) is 35.3 Å². The average Bonchev–Trinajstić information content (AvgIpc) is 3.05. The van der Waals surface area contributed by atoms with Gasteiger partial charge in [-0.2, -0.15) is 0 Å². The van der Waals surface area contributed by atoms with Gasteiger partial charge in [-0.15, -0.1) is 0 Å². The number of aryl methyl sites for hydroxylation is 1. The molecule has 2 nitrogen and oxygen atoms in total. The zero-order valence-corrected chi connectivity index (χ0v) is 17.5. The number of hydrogen-bond donors (Lipinski definition) is 0. The van der Waals surface area contributed by atoms with Crippen LogP contribution in [-0.4, -0.2) is 29.6 Å². The van der Waals surface area contributed by atoms with Crippen molar-refractivity contribution in [1.29, 1.82) is 0 Å². The minimum absolute atomic E-state index is 1.11. The maximum absolute atomic E-state index is 3.51. The Morgan fingerprint density at radius 1 is 0.923 bits per heavy atom. The van der Waals surface area contributed by atoms with Crippen LogP contribution in [0.3, 0.4) is 0 Å². The molecular weight excluding hydrogens is 384 g/mol. The molecule has 0 bridgehead atoms. The third-order valence-corrected chi connectivity index (χ3v) is 5.50. The lowest BCUT2D eigenvalue weighted by molar-refractivity contribution is 0.325. The molecule has 1 aromatic heterocycles. The molecule has 26 heavy (non-hydrogen) atoms. The summed E-state index contributed by atoms with van der Waals surface area (Å²) < 4.78 is 3.37. The van der Waals surface area contributed by atoms with E-state index in [0.717, 1.165) is 4.47 Å². The van der Waals surface area contributed by atoms with Gasteiger partial charge in [0.2, 0.25) is 0 Å². The molecule has 1 heterocycles. The molecule has 138 valence electrons. The van der Waals surface area contributed by atoms with Crippen molar-refractivity contribution in [2.24, 2.45) is 0 Å². The van der Waals surface area contributed by atoms with Crippen molar-refractivity contribution in [3.8, 4) is 5.69 Å². The third kappa shape index (κ3) is 4.99. The van der Waals surface area contributed by atoms with E-state index < -0.39 is 0 Å². The summed E-state index contributed by atoms with van der Waals surface area (Å²) in [5, 5.41) is 1.33. The number of hydrogen-bond acceptors (Lipinski definition) is 1. The van der Waals surface area contributed by atoms with Crippen molar-refractivity contribution in [3.05, 3.63) is 64.8 Å². The number of benzene rings is 2. The number of nitrogens with zero attached hydrogens (tertiary/aromatic N) is 2. The Hall–Kier alpha value is -1.58. The molecule has 3 heteroatoms. The second kappa shape index (κ2) is 9.38. The first-order valence-corrected chi connectivity index (χ1v) is 10.5. The van der Waals surface area contributed by atoms with Crippen LogP contribution in [-0.2, 0) is 6.42 Å². The zero-order valence-electron chi connectivity index (χ0n) is 15.9. The summed E-state index contributed by atoms with van der Waals surface area (Å²) in [4.78, 5) is 2.44. The van der Waals surface area contributed by atoms with Crippen molar-refractivity contribution in [2.45, 2.75) is 39.0 Å². The molecule has 0 spiro atoms. The van der Waals surface area contributed by atoms with Gasteiger partial charge in [0.15, 0.2) is 0 Å². The van der Waals surface area contributed by atoms with E-state index in [1.165, 1.54) is 67.3 Å². The molecule has 3 aromatic rings. The Bertz CT molecular complexity index is 820. The first-order valence-electron chi connectivity index (χ1n) is 9.72. The van der Waals surface area contributed by atoms with E-state index in [-0.39, 0.29) is 0 Å². The second-order valence-electron chi connectivity index (χ2n) is 7.17. The number of unbranched alkanes of at least 4 members (excludes halogenated alkanes) is 2. The highest BCUT2D eigenvalue weighted by atomic mass is 79.9. The van der Waals surface area contributed by atoms with Crippen LogP contribution < -0.4 is 0 Å². The smallest absolute Gasteiger partial charge is 0.0528 e. The molecule has 0 N–H and O–H groups in total. The van der Waals surface area contributed by atoms with E-state index in [0.29, 0.717) is 0 Å². The molecular formula is C23H29BrN2. The Morgan fingerprint density at radius 2 is 1.73 bits per heavy atom. The first kappa shape index (κ1) is 19.2. The highest BCUT2D eigenvalue weighted by Crippen LogP contribution is 2.23. The lowest BCUT2D eigenvalue weighted by atomic mass is 10.1. The van der Waals surface area contributed by atoms with E-state index in [2.05, 4.69) is 94.1 Å². The topological polar surface area (TPSA) is 8.17 Å². The molecule has 0 amide bonds. The summed E-state index contributed by atoms with van der Waals surface area (Å²) in [6.45, 7) is 4.69. The highest BCUT2D eigenvalue weighted by Gasteiger charge is 2.05. The second-order valence-corrected chi connectivity index (χ2v) is 8.08. The third-order valence-electron chi connectivity index (χ3n) is 4.97. The van der Waals surface area contributed by atoms with Crippen LogP contribution in [0.25, 0.3) is 16.6 Å². The molecule has 0 saturated carbocycles. The van der Waals surface area contributed by atoms with Gasteiger partial charge in [0.05, 0.1) is 5.52 Å².